The molecular weight excluding hydrogens is 309 g/mol. The molecule has 2 aromatic rings. The van der Waals surface area contributed by atoms with Crippen LogP contribution in [-0.2, 0) is 6.18 Å². The van der Waals surface area contributed by atoms with Gasteiger partial charge in [-0.3, -0.25) is 0 Å². The molecule has 0 amide bonds. The number of para-hydroxylation sites is 1. The van der Waals surface area contributed by atoms with Crippen molar-refractivity contribution in [3.63, 3.8) is 0 Å². The molecule has 0 aliphatic carbocycles. The normalized spacial score (nSPS) is 11.0. The highest BCUT2D eigenvalue weighted by Gasteiger charge is 2.33. The summed E-state index contributed by atoms with van der Waals surface area (Å²) in [5.74, 6) is -0.0971. The molecule has 0 spiro atoms. The van der Waals surface area contributed by atoms with Crippen molar-refractivity contribution in [2.75, 3.05) is 0 Å². The standard InChI is InChI=1S/C14H8ClF3O3/c15-12-7-6-10(8-11(12)14(16,17)18)21-13(19)20-9-4-2-1-3-5-9/h1-8H. The third-order valence-electron chi connectivity index (χ3n) is 2.39. The van der Waals surface area contributed by atoms with Gasteiger partial charge in [-0.15, -0.1) is 0 Å². The van der Waals surface area contributed by atoms with Gasteiger partial charge in [-0.05, 0) is 30.3 Å². The van der Waals surface area contributed by atoms with Crippen LogP contribution in [-0.4, -0.2) is 6.16 Å². The third kappa shape index (κ3) is 4.13. The molecule has 0 unspecified atom stereocenters. The first kappa shape index (κ1) is 15.2. The van der Waals surface area contributed by atoms with Crippen LogP contribution in [0.25, 0.3) is 0 Å². The van der Waals surface area contributed by atoms with Gasteiger partial charge in [0.25, 0.3) is 0 Å². The molecule has 0 N–H and O–H groups in total. The molecule has 3 nitrogen and oxygen atoms in total. The molecule has 0 saturated heterocycles. The van der Waals surface area contributed by atoms with Crippen LogP contribution in [0.1, 0.15) is 5.56 Å². The van der Waals surface area contributed by atoms with Crippen LogP contribution in [0.5, 0.6) is 11.5 Å². The summed E-state index contributed by atoms with van der Waals surface area (Å²) < 4.78 is 47.5. The van der Waals surface area contributed by atoms with Gasteiger partial charge in [0.1, 0.15) is 11.5 Å². The van der Waals surface area contributed by atoms with Crippen LogP contribution < -0.4 is 9.47 Å². The van der Waals surface area contributed by atoms with E-state index < -0.39 is 22.9 Å². The lowest BCUT2D eigenvalue weighted by Gasteiger charge is -2.11. The number of benzene rings is 2. The highest BCUT2D eigenvalue weighted by Crippen LogP contribution is 2.36. The summed E-state index contributed by atoms with van der Waals surface area (Å²) in [5, 5.41) is -0.480. The first-order chi connectivity index (χ1) is 9.86. The van der Waals surface area contributed by atoms with E-state index in [0.29, 0.717) is 6.07 Å². The van der Waals surface area contributed by atoms with Gasteiger partial charge in [-0.2, -0.15) is 13.2 Å². The lowest BCUT2D eigenvalue weighted by atomic mass is 10.2. The van der Waals surface area contributed by atoms with Gasteiger partial charge in [0, 0.05) is 0 Å². The predicted octanol–water partition coefficient (Wildman–Crippen LogP) is 4.94. The maximum absolute atomic E-state index is 12.7. The van der Waals surface area contributed by atoms with E-state index in [-0.39, 0.29) is 11.5 Å². The molecule has 21 heavy (non-hydrogen) atoms. The smallest absolute Gasteiger partial charge is 0.395 e. The fourth-order valence-electron chi connectivity index (χ4n) is 1.49. The van der Waals surface area contributed by atoms with E-state index in [4.69, 9.17) is 16.3 Å². The Bertz CT molecular complexity index is 642. The Kier molecular flexibility index (Phi) is 4.37. The van der Waals surface area contributed by atoms with Gasteiger partial charge in [0.2, 0.25) is 0 Å². The quantitative estimate of drug-likeness (QED) is 0.581. The van der Waals surface area contributed by atoms with E-state index in [1.165, 1.54) is 12.1 Å². The Morgan fingerprint density at radius 2 is 1.57 bits per heavy atom. The van der Waals surface area contributed by atoms with Gasteiger partial charge < -0.3 is 9.47 Å². The van der Waals surface area contributed by atoms with E-state index in [0.717, 1.165) is 12.1 Å². The largest absolute Gasteiger partial charge is 0.519 e. The second-order valence-corrected chi connectivity index (χ2v) is 4.31. The second-order valence-electron chi connectivity index (χ2n) is 3.91. The molecule has 0 atom stereocenters. The lowest BCUT2D eigenvalue weighted by Crippen LogP contribution is -2.14. The molecule has 0 aromatic heterocycles. The molecule has 7 heteroatoms. The Hall–Kier alpha value is -2.21. The average molecular weight is 317 g/mol. The second kappa shape index (κ2) is 6.05. The Morgan fingerprint density at radius 1 is 0.952 bits per heavy atom. The molecule has 0 radical (unpaired) electrons. The average Bonchev–Trinajstić information content (AvgIpc) is 2.41. The predicted molar refractivity (Wildman–Crippen MR) is 69.5 cm³/mol. The van der Waals surface area contributed by atoms with E-state index in [9.17, 15) is 18.0 Å². The Labute approximate surface area is 122 Å². The van der Waals surface area contributed by atoms with E-state index in [1.807, 2.05) is 0 Å². The molecule has 110 valence electrons. The monoisotopic (exact) mass is 316 g/mol. The van der Waals surface area contributed by atoms with Crippen molar-refractivity contribution in [1.82, 2.24) is 0 Å². The molecule has 0 fully saturated rings. The fourth-order valence-corrected chi connectivity index (χ4v) is 1.71. The molecule has 0 aliphatic rings. The zero-order chi connectivity index (χ0) is 15.5. The summed E-state index contributed by atoms with van der Waals surface area (Å²) in [6, 6.07) is 10.8. The first-order valence-corrected chi connectivity index (χ1v) is 6.05. The molecule has 2 rings (SSSR count). The SMILES string of the molecule is O=C(Oc1ccccc1)Oc1ccc(Cl)c(C(F)(F)F)c1. The number of alkyl halides is 3. The zero-order valence-corrected chi connectivity index (χ0v) is 11.1. The van der Waals surface area contributed by atoms with Crippen molar-refractivity contribution in [3.8, 4) is 11.5 Å². The van der Waals surface area contributed by atoms with Gasteiger partial charge >= 0.3 is 12.3 Å². The number of rotatable bonds is 2. The number of halogens is 4. The van der Waals surface area contributed by atoms with E-state index in [1.54, 1.807) is 18.2 Å². The first-order valence-electron chi connectivity index (χ1n) is 5.68. The van der Waals surface area contributed by atoms with Gasteiger partial charge in [0.15, 0.2) is 0 Å². The molecule has 0 aliphatic heterocycles. The molecule has 0 bridgehead atoms. The summed E-state index contributed by atoms with van der Waals surface area (Å²) in [5.41, 5.74) is -1.09. The van der Waals surface area contributed by atoms with Crippen molar-refractivity contribution in [3.05, 3.63) is 59.1 Å². The Balaban J connectivity index is 2.11. The number of hydrogen-bond acceptors (Lipinski definition) is 3. The van der Waals surface area contributed by atoms with Crippen molar-refractivity contribution in [1.29, 1.82) is 0 Å². The lowest BCUT2D eigenvalue weighted by molar-refractivity contribution is -0.137. The maximum atomic E-state index is 12.7. The van der Waals surface area contributed by atoms with Gasteiger partial charge in [-0.1, -0.05) is 29.8 Å². The highest BCUT2D eigenvalue weighted by atomic mass is 35.5. The van der Waals surface area contributed by atoms with Gasteiger partial charge in [-0.25, -0.2) is 4.79 Å². The molecular formula is C14H8ClF3O3. The van der Waals surface area contributed by atoms with Crippen LogP contribution in [0.2, 0.25) is 5.02 Å². The number of carbonyl (C=O) groups is 1. The summed E-state index contributed by atoms with van der Waals surface area (Å²) in [6.07, 6.45) is -5.78. The molecule has 0 heterocycles. The minimum atomic E-state index is -4.64. The third-order valence-corrected chi connectivity index (χ3v) is 2.72. The molecule has 0 saturated carbocycles. The van der Waals surface area contributed by atoms with Crippen LogP contribution in [0.3, 0.4) is 0 Å². The Morgan fingerprint density at radius 3 is 2.19 bits per heavy atom. The summed E-state index contributed by atoms with van der Waals surface area (Å²) in [6.45, 7) is 0. The van der Waals surface area contributed by atoms with E-state index in [2.05, 4.69) is 4.74 Å². The fraction of sp³-hybridized carbons (Fsp3) is 0.0714. The minimum Gasteiger partial charge on any atom is -0.395 e. The minimum absolute atomic E-state index is 0.215. The van der Waals surface area contributed by atoms with Crippen molar-refractivity contribution in [2.24, 2.45) is 0 Å². The summed E-state index contributed by atoms with van der Waals surface area (Å²) in [4.78, 5) is 11.5. The van der Waals surface area contributed by atoms with Gasteiger partial charge in [0.05, 0.1) is 10.6 Å². The van der Waals surface area contributed by atoms with Crippen molar-refractivity contribution in [2.45, 2.75) is 6.18 Å². The van der Waals surface area contributed by atoms with Crippen LogP contribution in [0.15, 0.2) is 48.5 Å². The van der Waals surface area contributed by atoms with E-state index >= 15 is 0 Å². The summed E-state index contributed by atoms with van der Waals surface area (Å²) in [7, 11) is 0. The van der Waals surface area contributed by atoms with Crippen LogP contribution >= 0.6 is 11.6 Å². The molecule has 2 aromatic carbocycles. The van der Waals surface area contributed by atoms with Crippen molar-refractivity contribution >= 4 is 17.8 Å². The highest BCUT2D eigenvalue weighted by molar-refractivity contribution is 6.31. The van der Waals surface area contributed by atoms with Crippen LogP contribution in [0.4, 0.5) is 18.0 Å². The number of ether oxygens (including phenoxy) is 2. The zero-order valence-electron chi connectivity index (χ0n) is 10.4. The number of hydrogen-bond donors (Lipinski definition) is 0. The number of carbonyl (C=O) groups excluding carboxylic acids is 1. The summed E-state index contributed by atoms with van der Waals surface area (Å²) >= 11 is 5.46. The van der Waals surface area contributed by atoms with Crippen LogP contribution in [0, 0.1) is 0 Å². The van der Waals surface area contributed by atoms with Crippen molar-refractivity contribution < 1.29 is 27.4 Å². The maximum Gasteiger partial charge on any atom is 0.519 e. The topological polar surface area (TPSA) is 35.5 Å².